The van der Waals surface area contributed by atoms with E-state index in [2.05, 4.69) is 63.0 Å². The number of benzene rings is 1. The molecule has 1 aromatic carbocycles. The molecule has 24 heavy (non-hydrogen) atoms. The number of carbonyl (C=O) groups is 1. The first-order chi connectivity index (χ1) is 11.8. The maximum atomic E-state index is 12.4. The number of hydrogen-bond donors (Lipinski definition) is 1. The van der Waals surface area contributed by atoms with Crippen LogP contribution in [0.1, 0.15) is 29.3 Å². The van der Waals surface area contributed by atoms with E-state index >= 15 is 0 Å². The van der Waals surface area contributed by atoms with Crippen LogP contribution >= 0.6 is 11.3 Å². The van der Waals surface area contributed by atoms with Crippen molar-refractivity contribution in [1.82, 2.24) is 15.1 Å². The summed E-state index contributed by atoms with van der Waals surface area (Å²) in [6.45, 7) is 3.94. The van der Waals surface area contributed by atoms with Crippen LogP contribution in [-0.4, -0.2) is 41.5 Å². The number of nitrogens with zero attached hydrogens (tertiary/aromatic N) is 2. The number of carbonyl (C=O) groups excluding carboxylic acids is 1. The average molecular weight is 341 g/mol. The highest BCUT2D eigenvalue weighted by atomic mass is 32.1. The van der Waals surface area contributed by atoms with Crippen molar-refractivity contribution >= 4 is 17.4 Å². The molecule has 0 radical (unpaired) electrons. The van der Waals surface area contributed by atoms with Crippen molar-refractivity contribution in [3.8, 4) is 0 Å². The van der Waals surface area contributed by atoms with Gasteiger partial charge in [-0.3, -0.25) is 4.90 Å². The highest BCUT2D eigenvalue weighted by Gasteiger charge is 2.36. The van der Waals surface area contributed by atoms with Gasteiger partial charge in [0.1, 0.15) is 0 Å². The molecule has 2 amide bonds. The van der Waals surface area contributed by atoms with Crippen LogP contribution in [0.3, 0.4) is 0 Å². The minimum Gasteiger partial charge on any atom is -0.329 e. The number of nitrogens with one attached hydrogen (secondary N) is 1. The zero-order valence-electron chi connectivity index (χ0n) is 13.7. The summed E-state index contributed by atoms with van der Waals surface area (Å²) < 4.78 is 0. The van der Waals surface area contributed by atoms with Crippen molar-refractivity contribution in [3.05, 3.63) is 58.3 Å². The molecule has 2 saturated heterocycles. The molecule has 0 bridgehead atoms. The van der Waals surface area contributed by atoms with Crippen molar-refractivity contribution in [2.45, 2.75) is 31.5 Å². The molecule has 0 saturated carbocycles. The molecule has 126 valence electrons. The minimum atomic E-state index is 0.106. The number of rotatable bonds is 4. The van der Waals surface area contributed by atoms with Gasteiger partial charge >= 0.3 is 6.03 Å². The monoisotopic (exact) mass is 341 g/mol. The summed E-state index contributed by atoms with van der Waals surface area (Å²) in [5.74, 6) is 0. The van der Waals surface area contributed by atoms with Crippen molar-refractivity contribution in [2.75, 3.05) is 19.6 Å². The second-order valence-corrected chi connectivity index (χ2v) is 7.64. The Morgan fingerprint density at radius 2 is 1.88 bits per heavy atom. The first-order valence-corrected chi connectivity index (χ1v) is 9.54. The number of urea groups is 1. The van der Waals surface area contributed by atoms with Crippen LogP contribution in [0.5, 0.6) is 0 Å². The lowest BCUT2D eigenvalue weighted by Gasteiger charge is -2.36. The first-order valence-electron chi connectivity index (χ1n) is 8.66. The zero-order valence-corrected chi connectivity index (χ0v) is 14.5. The Hall–Kier alpha value is -1.85. The lowest BCUT2D eigenvalue weighted by atomic mass is 10.0. The molecule has 1 atom stereocenters. The molecule has 1 unspecified atom stereocenters. The predicted octanol–water partition coefficient (Wildman–Crippen LogP) is 3.48. The van der Waals surface area contributed by atoms with Gasteiger partial charge < -0.3 is 10.2 Å². The molecular formula is C19H23N3OS. The summed E-state index contributed by atoms with van der Waals surface area (Å²) in [5.41, 5.74) is 1.37. The Bertz CT molecular complexity index is 665. The van der Waals surface area contributed by atoms with Crippen molar-refractivity contribution < 1.29 is 4.79 Å². The fourth-order valence-corrected chi connectivity index (χ4v) is 4.52. The first kappa shape index (κ1) is 15.7. The molecule has 2 aromatic rings. The third kappa shape index (κ3) is 3.32. The van der Waals surface area contributed by atoms with Gasteiger partial charge in [-0.15, -0.1) is 11.3 Å². The van der Waals surface area contributed by atoms with E-state index in [0.717, 1.165) is 39.0 Å². The summed E-state index contributed by atoms with van der Waals surface area (Å²) in [5, 5.41) is 5.21. The van der Waals surface area contributed by atoms with Crippen molar-refractivity contribution in [2.24, 2.45) is 0 Å². The van der Waals surface area contributed by atoms with Gasteiger partial charge in [-0.25, -0.2) is 4.79 Å². The molecule has 4 rings (SSSR count). The molecule has 5 heteroatoms. The summed E-state index contributed by atoms with van der Waals surface area (Å²) in [6, 6.07) is 15.4. The van der Waals surface area contributed by atoms with E-state index in [9.17, 15) is 4.79 Å². The van der Waals surface area contributed by atoms with Gasteiger partial charge in [-0.1, -0.05) is 36.4 Å². The molecule has 0 spiro atoms. The van der Waals surface area contributed by atoms with Gasteiger partial charge in [0, 0.05) is 37.1 Å². The number of thiophene rings is 1. The summed E-state index contributed by atoms with van der Waals surface area (Å²) in [6.07, 6.45) is 2.13. The molecule has 0 aliphatic carbocycles. The average Bonchev–Trinajstić information content (AvgIpc) is 3.26. The summed E-state index contributed by atoms with van der Waals surface area (Å²) in [7, 11) is 0. The second-order valence-electron chi connectivity index (χ2n) is 6.66. The van der Waals surface area contributed by atoms with Crippen LogP contribution < -0.4 is 5.32 Å². The van der Waals surface area contributed by atoms with E-state index in [1.165, 1.54) is 10.4 Å². The molecule has 2 fully saturated rings. The summed E-state index contributed by atoms with van der Waals surface area (Å²) in [4.78, 5) is 18.2. The third-order valence-corrected chi connectivity index (χ3v) is 6.06. The number of likely N-dealkylation sites (tertiary alicyclic amines) is 1. The molecule has 4 nitrogen and oxygen atoms in total. The van der Waals surface area contributed by atoms with Crippen LogP contribution in [0, 0.1) is 0 Å². The molecule has 1 aromatic heterocycles. The third-order valence-electron chi connectivity index (χ3n) is 5.07. The molecule has 3 heterocycles. The zero-order chi connectivity index (χ0) is 16.4. The van der Waals surface area contributed by atoms with E-state index in [4.69, 9.17) is 0 Å². The molecule has 2 aliphatic heterocycles. The van der Waals surface area contributed by atoms with Crippen LogP contribution in [0.25, 0.3) is 0 Å². The smallest absolute Gasteiger partial charge is 0.318 e. The Morgan fingerprint density at radius 1 is 1.08 bits per heavy atom. The molecule has 2 aliphatic rings. The van der Waals surface area contributed by atoms with Gasteiger partial charge in [-0.2, -0.15) is 0 Å². The van der Waals surface area contributed by atoms with Crippen LogP contribution in [0.2, 0.25) is 0 Å². The lowest BCUT2D eigenvalue weighted by Crippen LogP contribution is -2.45. The predicted molar refractivity (Wildman–Crippen MR) is 97.0 cm³/mol. The van der Waals surface area contributed by atoms with Crippen LogP contribution in [0.4, 0.5) is 4.79 Å². The Balaban J connectivity index is 1.32. The molecule has 1 N–H and O–H groups in total. The Morgan fingerprint density at radius 3 is 2.58 bits per heavy atom. The van der Waals surface area contributed by atoms with Gasteiger partial charge in [0.05, 0.1) is 6.04 Å². The highest BCUT2D eigenvalue weighted by Crippen LogP contribution is 2.28. The summed E-state index contributed by atoms with van der Waals surface area (Å²) >= 11 is 1.72. The number of piperidine rings is 1. The van der Waals surface area contributed by atoms with Crippen LogP contribution in [-0.2, 0) is 6.54 Å². The quantitative estimate of drug-likeness (QED) is 0.924. The van der Waals surface area contributed by atoms with Crippen molar-refractivity contribution in [1.29, 1.82) is 0 Å². The van der Waals surface area contributed by atoms with Crippen LogP contribution in [0.15, 0.2) is 47.8 Å². The van der Waals surface area contributed by atoms with E-state index < -0.39 is 0 Å². The fourth-order valence-electron chi connectivity index (χ4n) is 3.75. The maximum absolute atomic E-state index is 12.4. The minimum absolute atomic E-state index is 0.106. The number of hydrogen-bond acceptors (Lipinski definition) is 3. The largest absolute Gasteiger partial charge is 0.329 e. The standard InChI is InChI=1S/C19H23N3OS/c23-19-20-17(18-7-4-12-24-18)14-22(19)16-8-10-21(11-9-16)13-15-5-2-1-3-6-15/h1-7,12,16-17H,8-11,13-14H2,(H,20,23). The highest BCUT2D eigenvalue weighted by molar-refractivity contribution is 7.10. The SMILES string of the molecule is O=C1NC(c2cccs2)CN1C1CCN(Cc2ccccc2)CC1. The Labute approximate surface area is 147 Å². The van der Waals surface area contributed by atoms with Gasteiger partial charge in [0.25, 0.3) is 0 Å². The maximum Gasteiger partial charge on any atom is 0.318 e. The van der Waals surface area contributed by atoms with Gasteiger partial charge in [0.2, 0.25) is 0 Å². The Kier molecular flexibility index (Phi) is 4.54. The lowest BCUT2D eigenvalue weighted by molar-refractivity contribution is 0.131. The van der Waals surface area contributed by atoms with E-state index in [-0.39, 0.29) is 12.1 Å². The second kappa shape index (κ2) is 6.95. The van der Waals surface area contributed by atoms with Crippen molar-refractivity contribution in [3.63, 3.8) is 0 Å². The molecular weight excluding hydrogens is 318 g/mol. The normalized spacial score (nSPS) is 22.8. The van der Waals surface area contributed by atoms with Gasteiger partial charge in [0.15, 0.2) is 0 Å². The fraction of sp³-hybridized carbons (Fsp3) is 0.421. The topological polar surface area (TPSA) is 35.6 Å². The van der Waals surface area contributed by atoms with Gasteiger partial charge in [-0.05, 0) is 29.9 Å². The number of amides is 2. The van der Waals surface area contributed by atoms with E-state index in [1.54, 1.807) is 11.3 Å². The van der Waals surface area contributed by atoms with E-state index in [1.807, 2.05) is 0 Å². The van der Waals surface area contributed by atoms with E-state index in [0.29, 0.717) is 6.04 Å².